The van der Waals surface area contributed by atoms with Crippen LogP contribution in [-0.2, 0) is 18.3 Å². The largest absolute Gasteiger partial charge is 0.310 e. The number of aryl methyl sites for hydroxylation is 2. The summed E-state index contributed by atoms with van der Waals surface area (Å²) in [6.45, 7) is 1.88. The van der Waals surface area contributed by atoms with Gasteiger partial charge in [0.25, 0.3) is 0 Å². The van der Waals surface area contributed by atoms with Crippen molar-refractivity contribution in [2.45, 2.75) is 13.3 Å². The molecular weight excluding hydrogens is 290 g/mol. The minimum atomic E-state index is -0.133. The van der Waals surface area contributed by atoms with Crippen molar-refractivity contribution in [2.24, 2.45) is 7.05 Å². The molecule has 2 N–H and O–H groups in total. The number of carbonyl (C=O) groups is 1. The fourth-order valence-electron chi connectivity index (χ4n) is 2.34. The molecule has 3 aromatic rings. The van der Waals surface area contributed by atoms with Crippen LogP contribution in [-0.4, -0.2) is 25.9 Å². The molecule has 0 radical (unpaired) electrons. The SMILES string of the molecule is Cc1nn(C)c2n[nH]c(NC(=O)Cc3cccc(Cl)c3)c12. The summed E-state index contributed by atoms with van der Waals surface area (Å²) in [6, 6.07) is 7.24. The number of nitrogens with one attached hydrogen (secondary N) is 2. The molecule has 0 fully saturated rings. The van der Waals surface area contributed by atoms with Crippen LogP contribution >= 0.6 is 11.6 Å². The number of carbonyl (C=O) groups excluding carboxylic acids is 1. The monoisotopic (exact) mass is 303 g/mol. The lowest BCUT2D eigenvalue weighted by Gasteiger charge is -2.03. The first-order chi connectivity index (χ1) is 10.0. The molecule has 0 aliphatic rings. The van der Waals surface area contributed by atoms with E-state index in [1.807, 2.05) is 26.1 Å². The molecular formula is C14H14ClN5O. The van der Waals surface area contributed by atoms with Gasteiger partial charge in [0.05, 0.1) is 17.5 Å². The van der Waals surface area contributed by atoms with E-state index in [-0.39, 0.29) is 12.3 Å². The normalized spacial score (nSPS) is 11.0. The van der Waals surface area contributed by atoms with Crippen molar-refractivity contribution in [1.82, 2.24) is 20.0 Å². The number of anilines is 1. The smallest absolute Gasteiger partial charge is 0.229 e. The standard InChI is InChI=1S/C14H14ClN5O/c1-8-12-13(17-18-14(12)20(2)19-8)16-11(21)7-9-4-3-5-10(15)6-9/h3-6H,7H2,1-2H3,(H2,16,17,18,21). The zero-order valence-corrected chi connectivity index (χ0v) is 12.4. The maximum Gasteiger partial charge on any atom is 0.229 e. The van der Waals surface area contributed by atoms with Gasteiger partial charge in [-0.05, 0) is 24.6 Å². The van der Waals surface area contributed by atoms with E-state index >= 15 is 0 Å². The Bertz CT molecular complexity index is 820. The number of H-pyrrole nitrogens is 1. The van der Waals surface area contributed by atoms with Gasteiger partial charge in [0, 0.05) is 12.1 Å². The van der Waals surface area contributed by atoms with Gasteiger partial charge in [-0.1, -0.05) is 23.7 Å². The summed E-state index contributed by atoms with van der Waals surface area (Å²) in [5.74, 6) is 0.439. The van der Waals surface area contributed by atoms with Crippen LogP contribution in [0, 0.1) is 6.92 Å². The van der Waals surface area contributed by atoms with Crippen LogP contribution in [0.25, 0.3) is 11.0 Å². The second kappa shape index (κ2) is 5.21. The van der Waals surface area contributed by atoms with Gasteiger partial charge < -0.3 is 5.32 Å². The summed E-state index contributed by atoms with van der Waals surface area (Å²) in [6.07, 6.45) is 0.250. The molecule has 0 unspecified atom stereocenters. The maximum absolute atomic E-state index is 12.1. The number of hydrogen-bond acceptors (Lipinski definition) is 3. The number of nitrogens with zero attached hydrogens (tertiary/aromatic N) is 3. The number of fused-ring (bicyclic) bond motifs is 1. The van der Waals surface area contributed by atoms with Crippen molar-refractivity contribution in [1.29, 1.82) is 0 Å². The zero-order valence-electron chi connectivity index (χ0n) is 11.6. The van der Waals surface area contributed by atoms with Gasteiger partial charge in [0.15, 0.2) is 5.65 Å². The number of amides is 1. The van der Waals surface area contributed by atoms with Gasteiger partial charge in [-0.15, -0.1) is 0 Å². The van der Waals surface area contributed by atoms with Crippen molar-refractivity contribution < 1.29 is 4.79 Å². The lowest BCUT2D eigenvalue weighted by Crippen LogP contribution is -2.15. The molecule has 0 atom stereocenters. The fourth-order valence-corrected chi connectivity index (χ4v) is 2.55. The van der Waals surface area contributed by atoms with Crippen molar-refractivity contribution in [3.05, 3.63) is 40.5 Å². The van der Waals surface area contributed by atoms with Gasteiger partial charge >= 0.3 is 0 Å². The number of rotatable bonds is 3. The molecule has 0 aliphatic heterocycles. The van der Waals surface area contributed by atoms with Gasteiger partial charge in [-0.3, -0.25) is 9.89 Å². The lowest BCUT2D eigenvalue weighted by atomic mass is 10.1. The number of hydrogen-bond donors (Lipinski definition) is 2. The number of benzene rings is 1. The van der Waals surface area contributed by atoms with Crippen molar-refractivity contribution >= 4 is 34.4 Å². The summed E-state index contributed by atoms with van der Waals surface area (Å²) in [7, 11) is 1.81. The first-order valence-corrected chi connectivity index (χ1v) is 6.84. The molecule has 6 nitrogen and oxygen atoms in total. The third-order valence-electron chi connectivity index (χ3n) is 3.23. The van der Waals surface area contributed by atoms with E-state index in [4.69, 9.17) is 11.6 Å². The predicted molar refractivity (Wildman–Crippen MR) is 81.4 cm³/mol. The van der Waals surface area contributed by atoms with Crippen LogP contribution in [0.2, 0.25) is 5.02 Å². The average molecular weight is 304 g/mol. The van der Waals surface area contributed by atoms with Gasteiger partial charge in [-0.2, -0.15) is 10.2 Å². The van der Waals surface area contributed by atoms with Crippen molar-refractivity contribution in [3.8, 4) is 0 Å². The second-order valence-corrected chi connectivity index (χ2v) is 5.30. The Hall–Kier alpha value is -2.34. The van der Waals surface area contributed by atoms with Crippen LogP contribution in [0.1, 0.15) is 11.3 Å². The van der Waals surface area contributed by atoms with E-state index in [1.54, 1.807) is 16.8 Å². The molecule has 1 aromatic carbocycles. The second-order valence-electron chi connectivity index (χ2n) is 4.86. The highest BCUT2D eigenvalue weighted by atomic mass is 35.5. The quantitative estimate of drug-likeness (QED) is 0.780. The van der Waals surface area contributed by atoms with Gasteiger partial charge in [0.1, 0.15) is 5.82 Å². The Balaban J connectivity index is 1.80. The molecule has 0 saturated carbocycles. The third-order valence-corrected chi connectivity index (χ3v) is 3.47. The Morgan fingerprint density at radius 3 is 3.05 bits per heavy atom. The minimum Gasteiger partial charge on any atom is -0.310 e. The van der Waals surface area contributed by atoms with Crippen LogP contribution in [0.3, 0.4) is 0 Å². The Morgan fingerprint density at radius 1 is 1.48 bits per heavy atom. The molecule has 0 bridgehead atoms. The van der Waals surface area contributed by atoms with Crippen molar-refractivity contribution in [3.63, 3.8) is 0 Å². The summed E-state index contributed by atoms with van der Waals surface area (Å²) in [5.41, 5.74) is 2.39. The van der Waals surface area contributed by atoms with E-state index in [0.29, 0.717) is 16.5 Å². The molecule has 0 aliphatic carbocycles. The van der Waals surface area contributed by atoms with Crippen LogP contribution < -0.4 is 5.32 Å². The zero-order chi connectivity index (χ0) is 15.0. The molecule has 1 amide bonds. The maximum atomic E-state index is 12.1. The van der Waals surface area contributed by atoms with E-state index in [0.717, 1.165) is 16.6 Å². The molecule has 2 aromatic heterocycles. The summed E-state index contributed by atoms with van der Waals surface area (Å²) >= 11 is 5.91. The van der Waals surface area contributed by atoms with Crippen LogP contribution in [0.4, 0.5) is 5.82 Å². The highest BCUT2D eigenvalue weighted by Crippen LogP contribution is 2.23. The molecule has 2 heterocycles. The first kappa shape index (κ1) is 13.6. The average Bonchev–Trinajstić information content (AvgIpc) is 2.93. The Kier molecular flexibility index (Phi) is 3.39. The number of aromatic nitrogens is 4. The Labute approximate surface area is 126 Å². The number of aromatic amines is 1. The van der Waals surface area contributed by atoms with E-state index in [9.17, 15) is 4.79 Å². The van der Waals surface area contributed by atoms with Crippen molar-refractivity contribution in [2.75, 3.05) is 5.32 Å². The molecule has 21 heavy (non-hydrogen) atoms. The summed E-state index contributed by atoms with van der Waals surface area (Å²) in [4.78, 5) is 12.1. The fraction of sp³-hybridized carbons (Fsp3) is 0.214. The lowest BCUT2D eigenvalue weighted by molar-refractivity contribution is -0.115. The highest BCUT2D eigenvalue weighted by Gasteiger charge is 2.15. The molecule has 0 saturated heterocycles. The van der Waals surface area contributed by atoms with Crippen LogP contribution in [0.15, 0.2) is 24.3 Å². The van der Waals surface area contributed by atoms with Gasteiger partial charge in [0.2, 0.25) is 5.91 Å². The molecule has 7 heteroatoms. The van der Waals surface area contributed by atoms with E-state index in [1.165, 1.54) is 0 Å². The van der Waals surface area contributed by atoms with Crippen LogP contribution in [0.5, 0.6) is 0 Å². The Morgan fingerprint density at radius 2 is 2.29 bits per heavy atom. The summed E-state index contributed by atoms with van der Waals surface area (Å²) < 4.78 is 1.67. The highest BCUT2D eigenvalue weighted by molar-refractivity contribution is 6.30. The topological polar surface area (TPSA) is 75.6 Å². The molecule has 0 spiro atoms. The third kappa shape index (κ3) is 2.62. The van der Waals surface area contributed by atoms with E-state index in [2.05, 4.69) is 20.6 Å². The predicted octanol–water partition coefficient (Wildman–Crippen LogP) is 2.44. The molecule has 3 rings (SSSR count). The summed E-state index contributed by atoms with van der Waals surface area (Å²) in [5, 5.41) is 15.5. The van der Waals surface area contributed by atoms with E-state index < -0.39 is 0 Å². The minimum absolute atomic E-state index is 0.133. The molecule has 108 valence electrons. The first-order valence-electron chi connectivity index (χ1n) is 6.46. The van der Waals surface area contributed by atoms with Gasteiger partial charge in [-0.25, -0.2) is 4.68 Å². The number of halogens is 1.